The Labute approximate surface area is 161 Å². The molecule has 1 aromatic heterocycles. The number of aryl methyl sites for hydroxylation is 1. The second-order valence-electron chi connectivity index (χ2n) is 5.72. The van der Waals surface area contributed by atoms with Crippen LogP contribution in [0.4, 0.5) is 5.69 Å². The average molecular weight is 406 g/mol. The minimum Gasteiger partial charge on any atom is -0.359 e. The molecule has 7 nitrogen and oxygen atoms in total. The molecule has 0 saturated carbocycles. The summed E-state index contributed by atoms with van der Waals surface area (Å²) in [5.74, 6) is 0.0542. The van der Waals surface area contributed by atoms with E-state index in [-0.39, 0.29) is 22.7 Å². The highest BCUT2D eigenvalue weighted by Crippen LogP contribution is 2.21. The van der Waals surface area contributed by atoms with E-state index in [1.54, 1.807) is 25.1 Å². The van der Waals surface area contributed by atoms with E-state index in [1.165, 1.54) is 36.4 Å². The number of nitrogens with one attached hydrogen (secondary N) is 2. The van der Waals surface area contributed by atoms with Gasteiger partial charge in [-0.25, -0.2) is 8.42 Å². The minimum absolute atomic E-state index is 0.0410. The number of carbonyl (C=O) groups excluding carboxylic acids is 1. The molecule has 0 aliphatic carbocycles. The Morgan fingerprint density at radius 1 is 1.15 bits per heavy atom. The van der Waals surface area contributed by atoms with Crippen LogP contribution in [-0.4, -0.2) is 19.5 Å². The van der Waals surface area contributed by atoms with Crippen molar-refractivity contribution in [3.8, 4) is 0 Å². The number of carbonyl (C=O) groups is 1. The van der Waals surface area contributed by atoms with E-state index >= 15 is 0 Å². The van der Waals surface area contributed by atoms with Crippen LogP contribution in [0.5, 0.6) is 0 Å². The number of hydrogen-bond acceptors (Lipinski definition) is 5. The van der Waals surface area contributed by atoms with Crippen molar-refractivity contribution in [3.63, 3.8) is 0 Å². The molecule has 1 heterocycles. The Bertz CT molecular complexity index is 1060. The van der Waals surface area contributed by atoms with Gasteiger partial charge in [0.1, 0.15) is 0 Å². The van der Waals surface area contributed by atoms with Gasteiger partial charge in [0.15, 0.2) is 5.76 Å². The third kappa shape index (κ3) is 4.66. The van der Waals surface area contributed by atoms with Crippen molar-refractivity contribution in [2.45, 2.75) is 18.4 Å². The van der Waals surface area contributed by atoms with Crippen molar-refractivity contribution in [1.29, 1.82) is 0 Å². The van der Waals surface area contributed by atoms with Crippen molar-refractivity contribution in [2.24, 2.45) is 0 Å². The summed E-state index contributed by atoms with van der Waals surface area (Å²) < 4.78 is 32.6. The zero-order chi connectivity index (χ0) is 19.4. The number of anilines is 1. The molecule has 0 spiro atoms. The van der Waals surface area contributed by atoms with Gasteiger partial charge in [0.2, 0.25) is 0 Å². The third-order valence-corrected chi connectivity index (χ3v) is 5.27. The number of amides is 1. The molecular weight excluding hydrogens is 390 g/mol. The standard InChI is InChI=1S/C18H16ClN3O4S/c1-12-10-14(26-21-12)11-20-18(23)16-4-2-3-5-17(16)22-27(24,25)15-8-6-13(19)7-9-15/h2-10,22H,11H2,1H3,(H,20,23). The third-order valence-electron chi connectivity index (χ3n) is 3.64. The fourth-order valence-electron chi connectivity index (χ4n) is 2.35. The van der Waals surface area contributed by atoms with Crippen LogP contribution in [0.3, 0.4) is 0 Å². The molecule has 0 radical (unpaired) electrons. The van der Waals surface area contributed by atoms with Gasteiger partial charge in [0.25, 0.3) is 15.9 Å². The van der Waals surface area contributed by atoms with Crippen molar-refractivity contribution in [1.82, 2.24) is 10.5 Å². The summed E-state index contributed by atoms with van der Waals surface area (Å²) in [5.41, 5.74) is 1.06. The highest BCUT2D eigenvalue weighted by atomic mass is 35.5. The Balaban J connectivity index is 1.78. The first-order valence-corrected chi connectivity index (χ1v) is 9.79. The maximum absolute atomic E-state index is 12.6. The number of hydrogen-bond donors (Lipinski definition) is 2. The van der Waals surface area contributed by atoms with Crippen LogP contribution in [-0.2, 0) is 16.6 Å². The van der Waals surface area contributed by atoms with Crippen molar-refractivity contribution >= 4 is 33.2 Å². The lowest BCUT2D eigenvalue weighted by molar-refractivity contribution is 0.0948. The van der Waals surface area contributed by atoms with E-state index in [9.17, 15) is 13.2 Å². The SMILES string of the molecule is Cc1cc(CNC(=O)c2ccccc2NS(=O)(=O)c2ccc(Cl)cc2)on1. The molecule has 0 unspecified atom stereocenters. The summed E-state index contributed by atoms with van der Waals surface area (Å²) >= 11 is 5.80. The summed E-state index contributed by atoms with van der Waals surface area (Å²) in [6.45, 7) is 1.91. The number of para-hydroxylation sites is 1. The Kier molecular flexibility index (Phi) is 5.48. The predicted molar refractivity (Wildman–Crippen MR) is 101 cm³/mol. The quantitative estimate of drug-likeness (QED) is 0.654. The first-order valence-electron chi connectivity index (χ1n) is 7.93. The number of nitrogens with zero attached hydrogens (tertiary/aromatic N) is 1. The second-order valence-corrected chi connectivity index (χ2v) is 7.84. The minimum atomic E-state index is -3.87. The largest absolute Gasteiger partial charge is 0.359 e. The zero-order valence-electron chi connectivity index (χ0n) is 14.3. The molecule has 2 N–H and O–H groups in total. The van der Waals surface area contributed by atoms with Gasteiger partial charge < -0.3 is 9.84 Å². The first kappa shape index (κ1) is 18.9. The molecule has 0 aliphatic heterocycles. The number of halogens is 1. The number of aromatic nitrogens is 1. The van der Waals surface area contributed by atoms with Gasteiger partial charge in [-0.05, 0) is 43.3 Å². The summed E-state index contributed by atoms with van der Waals surface area (Å²) in [7, 11) is -3.87. The van der Waals surface area contributed by atoms with Crippen LogP contribution in [0.15, 0.2) is 64.0 Å². The van der Waals surface area contributed by atoms with Gasteiger partial charge in [-0.3, -0.25) is 9.52 Å². The predicted octanol–water partition coefficient (Wildman–Crippen LogP) is 3.37. The molecule has 0 saturated heterocycles. The number of rotatable bonds is 6. The summed E-state index contributed by atoms with van der Waals surface area (Å²) in [6, 6.07) is 13.8. The molecule has 27 heavy (non-hydrogen) atoms. The topological polar surface area (TPSA) is 101 Å². The van der Waals surface area contributed by atoms with E-state index in [4.69, 9.17) is 16.1 Å². The van der Waals surface area contributed by atoms with Crippen LogP contribution >= 0.6 is 11.6 Å². The van der Waals surface area contributed by atoms with Crippen LogP contribution in [0.25, 0.3) is 0 Å². The average Bonchev–Trinajstić information content (AvgIpc) is 3.05. The monoisotopic (exact) mass is 405 g/mol. The van der Waals surface area contributed by atoms with Crippen LogP contribution in [0.1, 0.15) is 21.8 Å². The van der Waals surface area contributed by atoms with E-state index in [0.717, 1.165) is 0 Å². The molecule has 9 heteroatoms. The number of benzene rings is 2. The first-order chi connectivity index (χ1) is 12.8. The Morgan fingerprint density at radius 3 is 2.52 bits per heavy atom. The van der Waals surface area contributed by atoms with E-state index in [0.29, 0.717) is 16.5 Å². The Morgan fingerprint density at radius 2 is 1.85 bits per heavy atom. The highest BCUT2D eigenvalue weighted by Gasteiger charge is 2.18. The molecule has 3 aromatic rings. The normalized spacial score (nSPS) is 11.2. The van der Waals surface area contributed by atoms with E-state index in [1.807, 2.05) is 0 Å². The maximum Gasteiger partial charge on any atom is 0.261 e. The number of sulfonamides is 1. The van der Waals surface area contributed by atoms with E-state index < -0.39 is 15.9 Å². The molecule has 0 aliphatic rings. The van der Waals surface area contributed by atoms with Crippen molar-refractivity contribution in [2.75, 3.05) is 4.72 Å². The van der Waals surface area contributed by atoms with Gasteiger partial charge in [-0.1, -0.05) is 28.9 Å². The summed E-state index contributed by atoms with van der Waals surface area (Å²) in [6.07, 6.45) is 0. The van der Waals surface area contributed by atoms with Gasteiger partial charge in [-0.2, -0.15) is 0 Å². The molecular formula is C18H16ClN3O4S. The van der Waals surface area contributed by atoms with E-state index in [2.05, 4.69) is 15.2 Å². The lowest BCUT2D eigenvalue weighted by atomic mass is 10.1. The second kappa shape index (κ2) is 7.81. The molecule has 3 rings (SSSR count). The maximum atomic E-state index is 12.6. The molecule has 1 amide bonds. The zero-order valence-corrected chi connectivity index (χ0v) is 15.8. The van der Waals surface area contributed by atoms with Crippen molar-refractivity contribution in [3.05, 3.63) is 76.6 Å². The van der Waals surface area contributed by atoms with Crippen LogP contribution < -0.4 is 10.0 Å². The fraction of sp³-hybridized carbons (Fsp3) is 0.111. The van der Waals surface area contributed by atoms with Gasteiger partial charge >= 0.3 is 0 Å². The summed E-state index contributed by atoms with van der Waals surface area (Å²) in [5, 5.41) is 6.85. The van der Waals surface area contributed by atoms with Crippen molar-refractivity contribution < 1.29 is 17.7 Å². The molecule has 2 aromatic carbocycles. The fourth-order valence-corrected chi connectivity index (χ4v) is 3.56. The molecule has 0 atom stereocenters. The molecule has 140 valence electrons. The van der Waals surface area contributed by atoms with Gasteiger partial charge in [0.05, 0.1) is 28.4 Å². The van der Waals surface area contributed by atoms with Crippen LogP contribution in [0, 0.1) is 6.92 Å². The summed E-state index contributed by atoms with van der Waals surface area (Å²) in [4.78, 5) is 12.5. The van der Waals surface area contributed by atoms with Gasteiger partial charge in [0, 0.05) is 11.1 Å². The highest BCUT2D eigenvalue weighted by molar-refractivity contribution is 7.92. The smallest absolute Gasteiger partial charge is 0.261 e. The lowest BCUT2D eigenvalue weighted by Crippen LogP contribution is -2.24. The van der Waals surface area contributed by atoms with Crippen LogP contribution in [0.2, 0.25) is 5.02 Å². The Hall–Kier alpha value is -2.84. The molecule has 0 bridgehead atoms. The lowest BCUT2D eigenvalue weighted by Gasteiger charge is -2.12. The van der Waals surface area contributed by atoms with Gasteiger partial charge in [-0.15, -0.1) is 0 Å². The molecule has 0 fully saturated rings.